The third kappa shape index (κ3) is 5.60. The van der Waals surface area contributed by atoms with Crippen LogP contribution in [0.2, 0.25) is 0 Å². The number of sulfonamides is 1. The summed E-state index contributed by atoms with van der Waals surface area (Å²) in [6.45, 7) is 4.57. The van der Waals surface area contributed by atoms with E-state index in [0.29, 0.717) is 23.7 Å². The molecule has 4 rings (SSSR count). The van der Waals surface area contributed by atoms with E-state index in [0.717, 1.165) is 39.8 Å². The average Bonchev–Trinajstić information content (AvgIpc) is 3.11. The number of carbonyl (C=O) groups is 2. The van der Waals surface area contributed by atoms with Crippen LogP contribution in [0.3, 0.4) is 0 Å². The highest BCUT2D eigenvalue weighted by Crippen LogP contribution is 2.46. The van der Waals surface area contributed by atoms with Gasteiger partial charge in [-0.2, -0.15) is 0 Å². The van der Waals surface area contributed by atoms with Gasteiger partial charge in [0.1, 0.15) is 5.75 Å². The van der Waals surface area contributed by atoms with Gasteiger partial charge in [-0.05, 0) is 52.2 Å². The molecular weight excluding hydrogens is 482 g/mol. The van der Waals surface area contributed by atoms with Gasteiger partial charge in [-0.25, -0.2) is 13.2 Å². The second-order valence-corrected chi connectivity index (χ2v) is 11.0. The predicted molar refractivity (Wildman–Crippen MR) is 140 cm³/mol. The summed E-state index contributed by atoms with van der Waals surface area (Å²) in [7, 11) is -1.97. The van der Waals surface area contributed by atoms with Crippen LogP contribution < -0.4 is 20.1 Å². The Hall–Kier alpha value is -4.05. The van der Waals surface area contributed by atoms with E-state index < -0.39 is 22.0 Å². The van der Waals surface area contributed by atoms with Gasteiger partial charge in [0.2, 0.25) is 10.0 Å². The lowest BCUT2D eigenvalue weighted by Gasteiger charge is -2.18. The van der Waals surface area contributed by atoms with Crippen molar-refractivity contribution in [1.29, 1.82) is 0 Å². The van der Waals surface area contributed by atoms with E-state index in [9.17, 15) is 18.0 Å². The van der Waals surface area contributed by atoms with Gasteiger partial charge in [0.25, 0.3) is 5.91 Å². The number of hydrogen-bond acceptors (Lipinski definition) is 6. The minimum atomic E-state index is -3.37. The number of amides is 3. The summed E-state index contributed by atoms with van der Waals surface area (Å²) in [5.41, 5.74) is 3.35. The summed E-state index contributed by atoms with van der Waals surface area (Å²) in [6, 6.07) is 14.3. The Balaban J connectivity index is 1.70. The molecule has 0 saturated carbocycles. The Kier molecular flexibility index (Phi) is 6.64. The second-order valence-electron chi connectivity index (χ2n) is 9.21. The molecule has 0 aliphatic carbocycles. The molecule has 36 heavy (non-hydrogen) atoms. The molecule has 3 aromatic rings. The maximum Gasteiger partial charge on any atom is 0.326 e. The van der Waals surface area contributed by atoms with Crippen LogP contribution in [0.25, 0.3) is 21.9 Å². The van der Waals surface area contributed by atoms with Gasteiger partial charge < -0.3 is 14.8 Å². The Bertz CT molecular complexity index is 1500. The molecule has 0 atom stereocenters. The molecule has 0 unspecified atom stereocenters. The zero-order chi connectivity index (χ0) is 26.1. The van der Waals surface area contributed by atoms with Crippen molar-refractivity contribution in [2.24, 2.45) is 0 Å². The molecule has 1 aliphatic heterocycles. The first kappa shape index (κ1) is 25.1. The summed E-state index contributed by atoms with van der Waals surface area (Å²) < 4.78 is 36.2. The molecule has 0 aromatic heterocycles. The monoisotopic (exact) mass is 509 g/mol. The van der Waals surface area contributed by atoms with Crippen molar-refractivity contribution in [3.8, 4) is 16.9 Å². The van der Waals surface area contributed by atoms with Crippen molar-refractivity contribution in [3.63, 3.8) is 0 Å². The Morgan fingerprint density at radius 3 is 2.47 bits per heavy atom. The van der Waals surface area contributed by atoms with Crippen LogP contribution in [-0.2, 0) is 25.0 Å². The lowest BCUT2D eigenvalue weighted by atomic mass is 9.85. The first-order chi connectivity index (χ1) is 16.9. The fourth-order valence-electron chi connectivity index (χ4n) is 4.02. The van der Waals surface area contributed by atoms with Crippen LogP contribution in [0.15, 0.2) is 60.9 Å². The number of hydrogen-bond donors (Lipinski definition) is 3. The maximum absolute atomic E-state index is 12.5. The molecule has 1 aliphatic rings. The van der Waals surface area contributed by atoms with E-state index in [1.54, 1.807) is 18.2 Å². The smallest absolute Gasteiger partial charge is 0.326 e. The number of methoxy groups -OCH3 is 1. The first-order valence-corrected chi connectivity index (χ1v) is 13.0. The van der Waals surface area contributed by atoms with E-state index in [1.165, 1.54) is 13.4 Å². The second kappa shape index (κ2) is 9.54. The van der Waals surface area contributed by atoms with E-state index in [-0.39, 0.29) is 5.41 Å². The number of nitrogens with one attached hydrogen (secondary N) is 3. The molecule has 0 bridgehead atoms. The third-order valence-electron chi connectivity index (χ3n) is 5.71. The predicted octanol–water partition coefficient (Wildman–Crippen LogP) is 4.36. The summed E-state index contributed by atoms with van der Waals surface area (Å²) in [5, 5.41) is 6.74. The van der Waals surface area contributed by atoms with Gasteiger partial charge >= 0.3 is 6.03 Å². The van der Waals surface area contributed by atoms with E-state index in [2.05, 4.69) is 29.2 Å². The molecular formula is C26H27N3O6S. The van der Waals surface area contributed by atoms with Crippen LogP contribution >= 0.6 is 0 Å². The standard InChI is InChI=1S/C26H27N3O6S/c1-26(2)15-35-24-21(26)13-19(14-22(24)27-25(31)28-23(30)9-10-34-3)17-5-6-18-12-20(29-36(4,32)33)8-7-16(18)11-17/h5-14,29H,15H2,1-4H3,(H2,27,28,30,31)/b10-9+. The van der Waals surface area contributed by atoms with Gasteiger partial charge in [-0.3, -0.25) is 14.8 Å². The SMILES string of the molecule is CO/C=C/C(=O)NC(=O)Nc1cc(-c2ccc3cc(NS(C)(=O)=O)ccc3c2)cc2c1OCC2(C)C. The van der Waals surface area contributed by atoms with Gasteiger partial charge in [0.15, 0.2) is 0 Å². The van der Waals surface area contributed by atoms with Crippen molar-refractivity contribution >= 4 is 44.1 Å². The number of rotatable bonds is 6. The molecule has 10 heteroatoms. The number of fused-ring (bicyclic) bond motifs is 2. The number of ether oxygens (including phenoxy) is 2. The number of benzene rings is 3. The fourth-order valence-corrected chi connectivity index (χ4v) is 4.57. The van der Waals surface area contributed by atoms with Gasteiger partial charge in [-0.15, -0.1) is 0 Å². The van der Waals surface area contributed by atoms with Crippen LogP contribution in [-0.4, -0.2) is 40.3 Å². The zero-order valence-electron chi connectivity index (χ0n) is 20.3. The molecule has 0 saturated heterocycles. The van der Waals surface area contributed by atoms with Crippen LogP contribution in [0.4, 0.5) is 16.2 Å². The maximum atomic E-state index is 12.5. The molecule has 3 N–H and O–H groups in total. The van der Waals surface area contributed by atoms with Crippen LogP contribution in [0, 0.1) is 0 Å². The Labute approximate surface area is 209 Å². The molecule has 0 spiro atoms. The zero-order valence-corrected chi connectivity index (χ0v) is 21.2. The Morgan fingerprint density at radius 2 is 1.75 bits per heavy atom. The topological polar surface area (TPSA) is 123 Å². The molecule has 9 nitrogen and oxygen atoms in total. The van der Waals surface area contributed by atoms with Gasteiger partial charge in [0.05, 0.1) is 31.9 Å². The lowest BCUT2D eigenvalue weighted by Crippen LogP contribution is -2.33. The summed E-state index contributed by atoms with van der Waals surface area (Å²) in [6.07, 6.45) is 3.38. The highest BCUT2D eigenvalue weighted by atomic mass is 32.2. The van der Waals surface area contributed by atoms with Gasteiger partial charge in [0, 0.05) is 22.7 Å². The van der Waals surface area contributed by atoms with Gasteiger partial charge in [-0.1, -0.05) is 32.0 Å². The fraction of sp³-hybridized carbons (Fsp3) is 0.231. The minimum Gasteiger partial charge on any atom is -0.504 e. The van der Waals surface area contributed by atoms with E-state index >= 15 is 0 Å². The minimum absolute atomic E-state index is 0.279. The molecule has 188 valence electrons. The Morgan fingerprint density at radius 1 is 1.03 bits per heavy atom. The molecule has 0 radical (unpaired) electrons. The molecule has 3 aromatic carbocycles. The van der Waals surface area contributed by atoms with Crippen molar-refractivity contribution in [2.75, 3.05) is 30.0 Å². The van der Waals surface area contributed by atoms with E-state index in [4.69, 9.17) is 9.47 Å². The average molecular weight is 510 g/mol. The molecule has 1 heterocycles. The number of urea groups is 1. The van der Waals surface area contributed by atoms with Crippen LogP contribution in [0.1, 0.15) is 19.4 Å². The quantitative estimate of drug-likeness (QED) is 0.335. The molecule has 0 fully saturated rings. The van der Waals surface area contributed by atoms with Crippen molar-refractivity contribution < 1.29 is 27.5 Å². The highest BCUT2D eigenvalue weighted by molar-refractivity contribution is 7.92. The normalized spacial score (nSPS) is 14.2. The summed E-state index contributed by atoms with van der Waals surface area (Å²) >= 11 is 0. The number of carbonyl (C=O) groups excluding carboxylic acids is 2. The largest absolute Gasteiger partial charge is 0.504 e. The summed E-state index contributed by atoms with van der Waals surface area (Å²) in [4.78, 5) is 24.3. The lowest BCUT2D eigenvalue weighted by molar-refractivity contribution is -0.115. The summed E-state index contributed by atoms with van der Waals surface area (Å²) in [5.74, 6) is -0.0567. The first-order valence-electron chi connectivity index (χ1n) is 11.1. The number of imide groups is 1. The van der Waals surface area contributed by atoms with Crippen molar-refractivity contribution in [2.45, 2.75) is 19.3 Å². The van der Waals surface area contributed by atoms with Crippen LogP contribution in [0.5, 0.6) is 5.75 Å². The van der Waals surface area contributed by atoms with Crippen molar-refractivity contribution in [1.82, 2.24) is 5.32 Å². The molecule has 3 amide bonds. The van der Waals surface area contributed by atoms with E-state index in [1.807, 2.05) is 30.3 Å². The number of anilines is 2. The third-order valence-corrected chi connectivity index (χ3v) is 6.32. The highest BCUT2D eigenvalue weighted by Gasteiger charge is 2.34. The van der Waals surface area contributed by atoms with Crippen molar-refractivity contribution in [3.05, 3.63) is 66.4 Å².